The van der Waals surface area contributed by atoms with Crippen molar-refractivity contribution in [3.8, 4) is 23.0 Å². The number of benzene rings is 6. The maximum Gasteiger partial charge on any atom is 0.419 e. The van der Waals surface area contributed by atoms with Gasteiger partial charge in [-0.2, -0.15) is 0 Å². The molecule has 1 unspecified atom stereocenters. The summed E-state index contributed by atoms with van der Waals surface area (Å²) in [5.41, 5.74) is 3.88. The smallest absolute Gasteiger partial charge is 0.419 e. The van der Waals surface area contributed by atoms with Crippen molar-refractivity contribution >= 4 is 69.8 Å². The fraction of sp³-hybridized carbons (Fsp3) is 0.170. The molecule has 0 spiro atoms. The number of amides is 3. The molecular formula is C53H43N3O12S2. The van der Waals surface area contributed by atoms with E-state index in [1.807, 2.05) is 91.0 Å². The lowest BCUT2D eigenvalue weighted by atomic mass is 10.0. The van der Waals surface area contributed by atoms with Crippen LogP contribution in [0, 0.1) is 0 Å². The van der Waals surface area contributed by atoms with Crippen LogP contribution in [0.4, 0.5) is 16.2 Å². The van der Waals surface area contributed by atoms with Crippen molar-refractivity contribution in [2.75, 3.05) is 16.4 Å². The van der Waals surface area contributed by atoms with E-state index in [1.54, 1.807) is 36.4 Å². The summed E-state index contributed by atoms with van der Waals surface area (Å²) in [7, 11) is -1.69. The van der Waals surface area contributed by atoms with Crippen molar-refractivity contribution in [1.82, 2.24) is 10.2 Å². The van der Waals surface area contributed by atoms with Crippen LogP contribution in [0.2, 0.25) is 0 Å². The predicted molar refractivity (Wildman–Crippen MR) is 259 cm³/mol. The first kappa shape index (κ1) is 47.1. The van der Waals surface area contributed by atoms with Crippen LogP contribution >= 0.6 is 11.8 Å². The number of esters is 3. The Morgan fingerprint density at radius 3 is 1.84 bits per heavy atom. The second-order valence-electron chi connectivity index (χ2n) is 16.3. The first-order valence-corrected chi connectivity index (χ1v) is 24.3. The van der Waals surface area contributed by atoms with Crippen LogP contribution < -0.4 is 24.4 Å². The summed E-state index contributed by atoms with van der Waals surface area (Å²) in [4.78, 5) is 82.2. The molecule has 0 bridgehead atoms. The number of hydrogen-bond donors (Lipinski definition) is 1. The standard InChI is InChI=1S/C53H43N3O12S2/c1-32(57)65-39-20-24-42-44(27-39)67-45-28-40(66-33(2)58)21-25-43(45)55(42)53(62)64-29-35-18-22-41(23-19-35)69-30-38-31-70(63)51-47(54-46(59)26-34-12-6-3-7-13-34)50(60)56(51)48(38)52(61)68-49(36-14-8-4-9-15-36)37-16-10-5-11-17-37/h3-25,27-28,47,49,51H,26,29-31H2,1-2H3,(H,54,59)/t47-,51-,70?/m1/s1. The third-order valence-electron chi connectivity index (χ3n) is 11.3. The van der Waals surface area contributed by atoms with Gasteiger partial charge in [-0.15, -0.1) is 11.8 Å². The normalized spacial score (nSPS) is 16.7. The minimum atomic E-state index is -1.69. The monoisotopic (exact) mass is 977 g/mol. The zero-order valence-electron chi connectivity index (χ0n) is 37.6. The molecule has 6 aromatic rings. The Morgan fingerprint density at radius 1 is 0.729 bits per heavy atom. The minimum Gasteiger partial charge on any atom is -0.453 e. The van der Waals surface area contributed by atoms with Gasteiger partial charge in [-0.05, 0) is 64.2 Å². The molecule has 15 nitrogen and oxygen atoms in total. The number of β-lactam (4-membered cyclic amide) rings is 1. The van der Waals surface area contributed by atoms with Gasteiger partial charge in [-0.25, -0.2) is 14.5 Å². The van der Waals surface area contributed by atoms with E-state index in [0.717, 1.165) is 10.5 Å². The van der Waals surface area contributed by atoms with E-state index < -0.39 is 64.1 Å². The summed E-state index contributed by atoms with van der Waals surface area (Å²) >= 11 is 1.35. The van der Waals surface area contributed by atoms with Gasteiger partial charge >= 0.3 is 24.0 Å². The van der Waals surface area contributed by atoms with Crippen molar-refractivity contribution in [2.45, 2.75) is 49.3 Å². The Hall–Kier alpha value is -8.02. The average molecular weight is 978 g/mol. The topological polar surface area (TPSA) is 184 Å². The Morgan fingerprint density at radius 2 is 1.29 bits per heavy atom. The molecule has 70 heavy (non-hydrogen) atoms. The number of anilines is 2. The molecule has 9 rings (SSSR count). The van der Waals surface area contributed by atoms with Crippen molar-refractivity contribution < 1.29 is 56.7 Å². The molecule has 0 radical (unpaired) electrons. The van der Waals surface area contributed by atoms with Gasteiger partial charge in [-0.1, -0.05) is 103 Å². The van der Waals surface area contributed by atoms with E-state index in [0.29, 0.717) is 33.6 Å². The number of nitrogens with one attached hydrogen (secondary N) is 1. The second-order valence-corrected chi connectivity index (χ2v) is 18.8. The van der Waals surface area contributed by atoms with Crippen molar-refractivity contribution in [3.63, 3.8) is 0 Å². The highest BCUT2D eigenvalue weighted by Gasteiger charge is 2.57. The van der Waals surface area contributed by atoms with E-state index in [9.17, 15) is 33.0 Å². The molecule has 0 aliphatic carbocycles. The summed E-state index contributed by atoms with van der Waals surface area (Å²) in [6.07, 6.45) is -1.55. The van der Waals surface area contributed by atoms with Crippen LogP contribution in [0.15, 0.2) is 168 Å². The van der Waals surface area contributed by atoms with Crippen LogP contribution in [-0.2, 0) is 57.3 Å². The summed E-state index contributed by atoms with van der Waals surface area (Å²) in [5.74, 6) is -1.97. The highest BCUT2D eigenvalue weighted by atomic mass is 32.2. The number of rotatable bonds is 14. The maximum atomic E-state index is 14.6. The van der Waals surface area contributed by atoms with Gasteiger partial charge in [0.1, 0.15) is 35.2 Å². The van der Waals surface area contributed by atoms with Crippen molar-refractivity contribution in [1.29, 1.82) is 0 Å². The quantitative estimate of drug-likeness (QED) is 0.0475. The van der Waals surface area contributed by atoms with Crippen molar-refractivity contribution in [3.05, 3.63) is 185 Å². The highest BCUT2D eigenvalue weighted by Crippen LogP contribution is 2.49. The highest BCUT2D eigenvalue weighted by molar-refractivity contribution is 7.99. The summed E-state index contributed by atoms with van der Waals surface area (Å²) in [5, 5.41) is 1.78. The lowest BCUT2D eigenvalue weighted by molar-refractivity contribution is -0.154. The van der Waals surface area contributed by atoms with E-state index in [4.69, 9.17) is 23.7 Å². The molecule has 0 aromatic heterocycles. The van der Waals surface area contributed by atoms with E-state index in [-0.39, 0.29) is 53.2 Å². The number of carbonyl (C=O) groups excluding carboxylic acids is 6. The van der Waals surface area contributed by atoms with Crippen LogP contribution in [-0.4, -0.2) is 67.8 Å². The molecule has 1 fully saturated rings. The van der Waals surface area contributed by atoms with Gasteiger partial charge in [0.25, 0.3) is 5.91 Å². The molecule has 1 saturated heterocycles. The van der Waals surface area contributed by atoms with E-state index in [2.05, 4.69) is 5.32 Å². The molecular weight excluding hydrogens is 935 g/mol. The fourth-order valence-corrected chi connectivity index (χ4v) is 10.9. The summed E-state index contributed by atoms with van der Waals surface area (Å²) < 4.78 is 42.6. The number of hydrogen-bond acceptors (Lipinski definition) is 13. The largest absolute Gasteiger partial charge is 0.453 e. The Bertz CT molecular complexity index is 2960. The van der Waals surface area contributed by atoms with E-state index in [1.165, 1.54) is 59.7 Å². The third-order valence-corrected chi connectivity index (χ3v) is 14.1. The van der Waals surface area contributed by atoms with E-state index >= 15 is 0 Å². The second kappa shape index (κ2) is 20.7. The fourth-order valence-electron chi connectivity index (χ4n) is 8.19. The van der Waals surface area contributed by atoms with Gasteiger partial charge in [-0.3, -0.25) is 28.3 Å². The number of fused-ring (bicyclic) bond motifs is 3. The van der Waals surface area contributed by atoms with Gasteiger partial charge in [0.05, 0.1) is 34.3 Å². The molecule has 17 heteroatoms. The predicted octanol–water partition coefficient (Wildman–Crippen LogP) is 8.45. The van der Waals surface area contributed by atoms with Gasteiger partial charge in [0, 0.05) is 36.6 Å². The molecule has 1 N–H and O–H groups in total. The molecule has 3 aliphatic heterocycles. The molecule has 3 heterocycles. The molecule has 354 valence electrons. The first-order valence-electron chi connectivity index (χ1n) is 22.0. The Balaban J connectivity index is 0.927. The number of thioether (sulfide) groups is 1. The SMILES string of the molecule is CC(=O)Oc1ccc2c(c1)Oc1cc(OC(C)=O)ccc1N2C(=O)OCc1ccc(SCC2=C(C(=O)OC(c3ccccc3)c3ccccc3)N3C(=O)[C@@H](NC(=O)Cc4ccccc4)[C@H]3S(=O)C2)cc1. The Labute approximate surface area is 408 Å². The lowest BCUT2D eigenvalue weighted by Crippen LogP contribution is -2.73. The molecule has 6 aromatic carbocycles. The van der Waals surface area contributed by atoms with Crippen LogP contribution in [0.1, 0.15) is 42.2 Å². The van der Waals surface area contributed by atoms with Crippen LogP contribution in [0.5, 0.6) is 23.0 Å². The zero-order valence-corrected chi connectivity index (χ0v) is 39.2. The molecule has 3 amide bonds. The minimum absolute atomic E-state index is 0.00693. The molecule has 3 aliphatic rings. The maximum absolute atomic E-state index is 14.6. The number of nitrogens with zero attached hydrogens (tertiary/aromatic N) is 2. The van der Waals surface area contributed by atoms with Crippen LogP contribution in [0.3, 0.4) is 0 Å². The summed E-state index contributed by atoms with van der Waals surface area (Å²) in [6.45, 7) is 2.39. The number of ether oxygens (including phenoxy) is 5. The van der Waals surface area contributed by atoms with Gasteiger partial charge in [0.15, 0.2) is 17.6 Å². The molecule has 0 saturated carbocycles. The first-order chi connectivity index (χ1) is 33.9. The van der Waals surface area contributed by atoms with Gasteiger partial charge in [0.2, 0.25) is 5.91 Å². The average Bonchev–Trinajstić information content (AvgIpc) is 3.35. The summed E-state index contributed by atoms with van der Waals surface area (Å²) in [6, 6.07) is 42.7. The van der Waals surface area contributed by atoms with Crippen LogP contribution in [0.25, 0.3) is 0 Å². The van der Waals surface area contributed by atoms with Gasteiger partial charge < -0.3 is 29.0 Å². The lowest BCUT2D eigenvalue weighted by Gasteiger charge is -2.49. The number of carbonyl (C=O) groups is 6. The van der Waals surface area contributed by atoms with Crippen molar-refractivity contribution in [2.24, 2.45) is 0 Å². The third kappa shape index (κ3) is 10.4. The Kier molecular flexibility index (Phi) is 13.9. The molecule has 3 atom stereocenters. The zero-order chi connectivity index (χ0) is 48.9.